The zero-order valence-electron chi connectivity index (χ0n) is 4.46. The Kier molecular flexibility index (Phi) is 1.80. The van der Waals surface area contributed by atoms with Crippen molar-refractivity contribution in [3.05, 3.63) is 36.9 Å². The molecule has 0 saturated heterocycles. The fraction of sp³-hybridized carbons (Fsp3) is 0. The van der Waals surface area contributed by atoms with Crippen molar-refractivity contribution in [2.75, 3.05) is 0 Å². The molecule has 0 saturated carbocycles. The average Bonchev–Trinajstić information content (AvgIpc) is 1.62. The Bertz CT molecular complexity index is 111. The highest BCUT2D eigenvalue weighted by atomic mass is 14.7. The molecule has 1 aromatic heterocycles. The van der Waals surface area contributed by atoms with Gasteiger partial charge in [0, 0.05) is 24.8 Å². The van der Waals surface area contributed by atoms with E-state index in [4.69, 9.17) is 0 Å². The van der Waals surface area contributed by atoms with E-state index < -0.39 is 0 Å². The number of hydrogen-bond donors (Lipinski definition) is 2. The van der Waals surface area contributed by atoms with Gasteiger partial charge in [-0.25, -0.2) is 0 Å². The van der Waals surface area contributed by atoms with E-state index in [9.17, 15) is 0 Å². The number of aromatic amines is 2. The Morgan fingerprint density at radius 2 is 1.12 bits per heavy atom. The first-order valence-corrected chi connectivity index (χ1v) is 2.49. The summed E-state index contributed by atoms with van der Waals surface area (Å²) in [6, 6.07) is 3.83. The van der Waals surface area contributed by atoms with Crippen LogP contribution in [0.1, 0.15) is 0 Å². The number of H-pyrrole nitrogens is 2. The van der Waals surface area contributed by atoms with E-state index in [0.29, 0.717) is 0 Å². The minimum atomic E-state index is 1.82. The Morgan fingerprint density at radius 1 is 0.625 bits per heavy atom. The molecule has 2 heteroatoms. The van der Waals surface area contributed by atoms with Crippen molar-refractivity contribution in [3.63, 3.8) is 0 Å². The summed E-state index contributed by atoms with van der Waals surface area (Å²) in [7, 11) is 0. The molecule has 0 unspecified atom stereocenters. The normalized spacial score (nSPS) is 8.00. The molecule has 0 aromatic carbocycles. The van der Waals surface area contributed by atoms with Gasteiger partial charge in [-0.1, -0.05) is 0 Å². The number of rotatable bonds is 0. The molecule has 2 N–H and O–H groups in total. The number of aromatic nitrogens is 2. The van der Waals surface area contributed by atoms with Gasteiger partial charge in [0.15, 0.2) is 0 Å². The lowest BCUT2D eigenvalue weighted by Gasteiger charge is -1.74. The summed E-state index contributed by atoms with van der Waals surface area (Å²) in [6.45, 7) is 0. The Balaban J connectivity index is 3.00. The van der Waals surface area contributed by atoms with Gasteiger partial charge in [-0.05, 0) is 12.1 Å². The zero-order chi connectivity index (χ0) is 5.66. The lowest BCUT2D eigenvalue weighted by atomic mass is 10.6. The maximum absolute atomic E-state index is 2.91. The van der Waals surface area contributed by atoms with Crippen molar-refractivity contribution in [1.82, 2.24) is 9.97 Å². The zero-order valence-corrected chi connectivity index (χ0v) is 4.46. The van der Waals surface area contributed by atoms with E-state index in [1.807, 2.05) is 36.9 Å². The van der Waals surface area contributed by atoms with Gasteiger partial charge in [-0.15, -0.1) is 0 Å². The summed E-state index contributed by atoms with van der Waals surface area (Å²) < 4.78 is 0. The van der Waals surface area contributed by atoms with E-state index in [1.165, 1.54) is 0 Å². The Morgan fingerprint density at radius 3 is 1.62 bits per heavy atom. The molecule has 0 aliphatic carbocycles. The molecule has 0 radical (unpaired) electrons. The molecule has 0 amide bonds. The maximum Gasteiger partial charge on any atom is 0.0167 e. The Labute approximate surface area is 47.9 Å². The number of nitrogens with one attached hydrogen (secondary N) is 2. The monoisotopic (exact) mass is 108 g/mol. The summed E-state index contributed by atoms with van der Waals surface area (Å²) >= 11 is 0. The topological polar surface area (TPSA) is 31.6 Å². The van der Waals surface area contributed by atoms with E-state index in [1.54, 1.807) is 0 Å². The molecule has 0 fully saturated rings. The first-order chi connectivity index (χ1) is 4.00. The van der Waals surface area contributed by atoms with Crippen LogP contribution in [0.5, 0.6) is 0 Å². The molecule has 42 valence electrons. The maximum atomic E-state index is 2.91. The minimum Gasteiger partial charge on any atom is -0.366 e. The van der Waals surface area contributed by atoms with Gasteiger partial charge < -0.3 is 9.97 Å². The third kappa shape index (κ3) is 1.51. The molecule has 1 heterocycles. The van der Waals surface area contributed by atoms with Gasteiger partial charge in [0.05, 0.1) is 0 Å². The first kappa shape index (κ1) is 4.97. The second-order valence-corrected chi connectivity index (χ2v) is 1.38. The van der Waals surface area contributed by atoms with Crippen LogP contribution in [0.2, 0.25) is 0 Å². The van der Waals surface area contributed by atoms with Crippen LogP contribution < -0.4 is 0 Å². The highest BCUT2D eigenvalue weighted by molar-refractivity contribution is 4.81. The van der Waals surface area contributed by atoms with Crippen molar-refractivity contribution in [1.29, 1.82) is 0 Å². The van der Waals surface area contributed by atoms with Crippen LogP contribution in [-0.4, -0.2) is 9.97 Å². The van der Waals surface area contributed by atoms with Crippen LogP contribution in [0.15, 0.2) is 36.9 Å². The van der Waals surface area contributed by atoms with E-state index in [-0.39, 0.29) is 0 Å². The summed E-state index contributed by atoms with van der Waals surface area (Å²) in [5, 5.41) is 0. The second-order valence-electron chi connectivity index (χ2n) is 1.38. The van der Waals surface area contributed by atoms with Crippen LogP contribution in [-0.2, 0) is 0 Å². The van der Waals surface area contributed by atoms with E-state index in [2.05, 4.69) is 9.97 Å². The third-order valence-electron chi connectivity index (χ3n) is 0.772. The van der Waals surface area contributed by atoms with Gasteiger partial charge in [0.25, 0.3) is 0 Å². The average molecular weight is 108 g/mol. The molecule has 0 spiro atoms. The summed E-state index contributed by atoms with van der Waals surface area (Å²) in [5.41, 5.74) is 0. The molecule has 1 rings (SSSR count). The fourth-order valence-corrected chi connectivity index (χ4v) is 0.430. The van der Waals surface area contributed by atoms with Crippen LogP contribution in [0, 0.1) is 0 Å². The van der Waals surface area contributed by atoms with E-state index >= 15 is 0 Å². The standard InChI is InChI=1S/C6H8N2/c1-2-4-8-6-5-7-3-1/h1-8H. The van der Waals surface area contributed by atoms with Crippen molar-refractivity contribution in [2.24, 2.45) is 0 Å². The van der Waals surface area contributed by atoms with Crippen molar-refractivity contribution < 1.29 is 0 Å². The molecule has 0 aliphatic heterocycles. The van der Waals surface area contributed by atoms with Crippen molar-refractivity contribution >= 4 is 0 Å². The van der Waals surface area contributed by atoms with Crippen molar-refractivity contribution in [2.45, 2.75) is 0 Å². The minimum absolute atomic E-state index is 1.82. The predicted octanol–water partition coefficient (Wildman–Crippen LogP) is 1.47. The molecule has 0 bridgehead atoms. The van der Waals surface area contributed by atoms with Crippen LogP contribution in [0.3, 0.4) is 0 Å². The van der Waals surface area contributed by atoms with Gasteiger partial charge >= 0.3 is 0 Å². The highest BCUT2D eigenvalue weighted by Gasteiger charge is 1.55. The predicted molar refractivity (Wildman–Crippen MR) is 32.8 cm³/mol. The quantitative estimate of drug-likeness (QED) is 0.504. The SMILES string of the molecule is c1cc[nH]cc[nH]c1. The molecular weight excluding hydrogens is 100 g/mol. The summed E-state index contributed by atoms with van der Waals surface area (Å²) in [6.07, 6.45) is 7.35. The molecule has 0 atom stereocenters. The van der Waals surface area contributed by atoms with Crippen LogP contribution in [0.4, 0.5) is 0 Å². The highest BCUT2D eigenvalue weighted by Crippen LogP contribution is 1.70. The largest absolute Gasteiger partial charge is 0.366 e. The lowest BCUT2D eigenvalue weighted by molar-refractivity contribution is 1.26. The van der Waals surface area contributed by atoms with Crippen molar-refractivity contribution in [3.8, 4) is 0 Å². The van der Waals surface area contributed by atoms with Gasteiger partial charge in [-0.2, -0.15) is 0 Å². The summed E-state index contributed by atoms with van der Waals surface area (Å²) in [4.78, 5) is 5.82. The molecular formula is C6H8N2. The lowest BCUT2D eigenvalue weighted by Crippen LogP contribution is -1.62. The smallest absolute Gasteiger partial charge is 0.0167 e. The molecule has 8 heavy (non-hydrogen) atoms. The Hall–Kier alpha value is -1.18. The molecule has 2 nitrogen and oxygen atoms in total. The fourth-order valence-electron chi connectivity index (χ4n) is 0.430. The number of hydrogen-bond acceptors (Lipinski definition) is 0. The van der Waals surface area contributed by atoms with E-state index in [0.717, 1.165) is 0 Å². The third-order valence-corrected chi connectivity index (χ3v) is 0.772. The van der Waals surface area contributed by atoms with Crippen LogP contribution in [0.25, 0.3) is 0 Å². The molecule has 1 aromatic rings. The van der Waals surface area contributed by atoms with Crippen LogP contribution >= 0.6 is 0 Å². The van der Waals surface area contributed by atoms with Gasteiger partial charge in [0.2, 0.25) is 0 Å². The van der Waals surface area contributed by atoms with Gasteiger partial charge in [-0.3, -0.25) is 0 Å². The first-order valence-electron chi connectivity index (χ1n) is 2.49. The summed E-state index contributed by atoms with van der Waals surface area (Å²) in [5.74, 6) is 0. The van der Waals surface area contributed by atoms with Gasteiger partial charge in [0.1, 0.15) is 0 Å². The second kappa shape index (κ2) is 2.91. The molecule has 0 aliphatic rings.